The predicted octanol–water partition coefficient (Wildman–Crippen LogP) is 2.71. The number of nitrogens with two attached hydrogens (primary N) is 2. The van der Waals surface area contributed by atoms with E-state index in [0.717, 1.165) is 5.56 Å². The Hall–Kier alpha value is -3.92. The number of hydrogen-bond donors (Lipinski definition) is 2. The highest BCUT2D eigenvalue weighted by molar-refractivity contribution is 5.91. The number of esters is 1. The molecule has 3 aromatic rings. The van der Waals surface area contributed by atoms with Gasteiger partial charge in [0.25, 0.3) is 0 Å². The standard InChI is InChI=1S/C19H15N5O2/c1-11-2-4-13(5-3-11)18(25)26-14-8-6-12(7-9-14)16-15(10-20)17(21)24-19(22)23-16/h2-9H,1H3,(H4,21,22,23,24). The summed E-state index contributed by atoms with van der Waals surface area (Å²) in [6, 6.07) is 15.6. The minimum atomic E-state index is -0.453. The Balaban J connectivity index is 1.84. The number of carbonyl (C=O) groups excluding carboxylic acids is 1. The summed E-state index contributed by atoms with van der Waals surface area (Å²) in [6.07, 6.45) is 0. The van der Waals surface area contributed by atoms with Gasteiger partial charge < -0.3 is 16.2 Å². The quantitative estimate of drug-likeness (QED) is 0.551. The average Bonchev–Trinajstić information content (AvgIpc) is 2.62. The molecule has 0 bridgehead atoms. The van der Waals surface area contributed by atoms with Crippen molar-refractivity contribution >= 4 is 17.7 Å². The molecule has 0 saturated carbocycles. The topological polar surface area (TPSA) is 128 Å². The second kappa shape index (κ2) is 6.91. The summed E-state index contributed by atoms with van der Waals surface area (Å²) in [5, 5.41) is 9.25. The predicted molar refractivity (Wildman–Crippen MR) is 97.1 cm³/mol. The van der Waals surface area contributed by atoms with Crippen LogP contribution >= 0.6 is 0 Å². The maximum absolute atomic E-state index is 12.2. The van der Waals surface area contributed by atoms with Crippen LogP contribution in [0.4, 0.5) is 11.8 Å². The van der Waals surface area contributed by atoms with Crippen LogP contribution in [0.15, 0.2) is 48.5 Å². The van der Waals surface area contributed by atoms with Crippen molar-refractivity contribution in [1.29, 1.82) is 5.26 Å². The Morgan fingerprint density at radius 2 is 1.69 bits per heavy atom. The van der Waals surface area contributed by atoms with Crippen LogP contribution in [0.2, 0.25) is 0 Å². The Kier molecular flexibility index (Phi) is 4.50. The zero-order valence-electron chi connectivity index (χ0n) is 13.9. The third-order valence-corrected chi connectivity index (χ3v) is 3.69. The molecular weight excluding hydrogens is 330 g/mol. The van der Waals surface area contributed by atoms with Crippen LogP contribution < -0.4 is 16.2 Å². The highest BCUT2D eigenvalue weighted by atomic mass is 16.5. The summed E-state index contributed by atoms with van der Waals surface area (Å²) in [5.74, 6) is -0.0879. The number of aromatic nitrogens is 2. The first kappa shape index (κ1) is 16.9. The smallest absolute Gasteiger partial charge is 0.343 e. The molecule has 0 radical (unpaired) electrons. The van der Waals surface area contributed by atoms with E-state index < -0.39 is 5.97 Å². The first-order valence-corrected chi connectivity index (χ1v) is 7.70. The fraction of sp³-hybridized carbons (Fsp3) is 0.0526. The van der Waals surface area contributed by atoms with Gasteiger partial charge in [0.05, 0.1) is 11.3 Å². The van der Waals surface area contributed by atoms with Crippen molar-refractivity contribution in [2.24, 2.45) is 0 Å². The molecule has 0 amide bonds. The minimum Gasteiger partial charge on any atom is -0.423 e. The van der Waals surface area contributed by atoms with Gasteiger partial charge in [0.1, 0.15) is 23.2 Å². The molecule has 26 heavy (non-hydrogen) atoms. The lowest BCUT2D eigenvalue weighted by Crippen LogP contribution is -2.08. The molecule has 7 heteroatoms. The van der Waals surface area contributed by atoms with Crippen LogP contribution in [0.3, 0.4) is 0 Å². The fourth-order valence-corrected chi connectivity index (χ4v) is 2.35. The highest BCUT2D eigenvalue weighted by Crippen LogP contribution is 2.27. The molecule has 2 aromatic carbocycles. The summed E-state index contributed by atoms with van der Waals surface area (Å²) in [4.78, 5) is 20.0. The lowest BCUT2D eigenvalue weighted by atomic mass is 10.1. The van der Waals surface area contributed by atoms with E-state index in [1.54, 1.807) is 36.4 Å². The van der Waals surface area contributed by atoms with E-state index in [0.29, 0.717) is 22.6 Å². The number of rotatable bonds is 3. The number of nitrogens with zero attached hydrogens (tertiary/aromatic N) is 3. The lowest BCUT2D eigenvalue weighted by Gasteiger charge is -2.08. The van der Waals surface area contributed by atoms with Gasteiger partial charge in [0.15, 0.2) is 0 Å². The number of nitriles is 1. The molecule has 0 aliphatic rings. The molecule has 3 rings (SSSR count). The Morgan fingerprint density at radius 1 is 1.04 bits per heavy atom. The van der Waals surface area contributed by atoms with Crippen LogP contribution in [0.1, 0.15) is 21.5 Å². The van der Waals surface area contributed by atoms with Gasteiger partial charge in [0.2, 0.25) is 5.95 Å². The molecule has 0 unspecified atom stereocenters. The van der Waals surface area contributed by atoms with Crippen molar-refractivity contribution in [2.75, 3.05) is 11.5 Å². The van der Waals surface area contributed by atoms with Gasteiger partial charge in [-0.25, -0.2) is 9.78 Å². The molecule has 0 atom stereocenters. The van der Waals surface area contributed by atoms with E-state index in [-0.39, 0.29) is 17.3 Å². The van der Waals surface area contributed by atoms with Crippen molar-refractivity contribution in [3.63, 3.8) is 0 Å². The highest BCUT2D eigenvalue weighted by Gasteiger charge is 2.14. The third-order valence-electron chi connectivity index (χ3n) is 3.69. The maximum atomic E-state index is 12.2. The summed E-state index contributed by atoms with van der Waals surface area (Å²) in [6.45, 7) is 1.94. The lowest BCUT2D eigenvalue weighted by molar-refractivity contribution is 0.0735. The SMILES string of the molecule is Cc1ccc(C(=O)Oc2ccc(-c3nc(N)nc(N)c3C#N)cc2)cc1. The van der Waals surface area contributed by atoms with Gasteiger partial charge >= 0.3 is 5.97 Å². The normalized spacial score (nSPS) is 10.2. The van der Waals surface area contributed by atoms with Crippen LogP contribution in [0.25, 0.3) is 11.3 Å². The van der Waals surface area contributed by atoms with E-state index in [4.69, 9.17) is 16.2 Å². The number of anilines is 2. The van der Waals surface area contributed by atoms with Gasteiger partial charge in [-0.1, -0.05) is 17.7 Å². The van der Waals surface area contributed by atoms with Gasteiger partial charge in [-0.2, -0.15) is 10.2 Å². The largest absolute Gasteiger partial charge is 0.423 e. The second-order valence-electron chi connectivity index (χ2n) is 5.58. The first-order chi connectivity index (χ1) is 12.5. The van der Waals surface area contributed by atoms with Crippen LogP contribution in [-0.4, -0.2) is 15.9 Å². The van der Waals surface area contributed by atoms with E-state index in [1.807, 2.05) is 25.1 Å². The molecule has 0 aliphatic carbocycles. The molecule has 1 aromatic heterocycles. The molecule has 128 valence electrons. The third kappa shape index (κ3) is 3.44. The number of nitrogen functional groups attached to an aromatic ring is 2. The summed E-state index contributed by atoms with van der Waals surface area (Å²) in [7, 11) is 0. The van der Waals surface area contributed by atoms with Crippen molar-refractivity contribution < 1.29 is 9.53 Å². The van der Waals surface area contributed by atoms with E-state index in [2.05, 4.69) is 9.97 Å². The number of aryl methyl sites for hydroxylation is 1. The number of benzene rings is 2. The van der Waals surface area contributed by atoms with Crippen molar-refractivity contribution in [3.8, 4) is 23.1 Å². The Labute approximate surface area is 149 Å². The van der Waals surface area contributed by atoms with E-state index in [9.17, 15) is 10.1 Å². The molecule has 0 saturated heterocycles. The molecule has 1 heterocycles. The van der Waals surface area contributed by atoms with Gasteiger partial charge in [0, 0.05) is 5.56 Å². The number of hydrogen-bond acceptors (Lipinski definition) is 7. The molecule has 7 nitrogen and oxygen atoms in total. The fourth-order valence-electron chi connectivity index (χ4n) is 2.35. The zero-order chi connectivity index (χ0) is 18.7. The summed E-state index contributed by atoms with van der Waals surface area (Å²) < 4.78 is 5.35. The number of ether oxygens (including phenoxy) is 1. The Bertz CT molecular complexity index is 1010. The van der Waals surface area contributed by atoms with Gasteiger partial charge in [-0.15, -0.1) is 0 Å². The summed E-state index contributed by atoms with van der Waals surface area (Å²) >= 11 is 0. The van der Waals surface area contributed by atoms with Crippen molar-refractivity contribution in [1.82, 2.24) is 9.97 Å². The summed E-state index contributed by atoms with van der Waals surface area (Å²) in [5.41, 5.74) is 13.9. The van der Waals surface area contributed by atoms with Gasteiger partial charge in [-0.05, 0) is 43.3 Å². The molecule has 0 spiro atoms. The zero-order valence-corrected chi connectivity index (χ0v) is 13.9. The molecule has 0 fully saturated rings. The van der Waals surface area contributed by atoms with Crippen LogP contribution in [0, 0.1) is 18.3 Å². The molecular formula is C19H15N5O2. The second-order valence-corrected chi connectivity index (χ2v) is 5.58. The molecule has 4 N–H and O–H groups in total. The van der Waals surface area contributed by atoms with Crippen LogP contribution in [0.5, 0.6) is 5.75 Å². The van der Waals surface area contributed by atoms with E-state index in [1.165, 1.54) is 0 Å². The maximum Gasteiger partial charge on any atom is 0.343 e. The van der Waals surface area contributed by atoms with Crippen molar-refractivity contribution in [3.05, 3.63) is 65.2 Å². The first-order valence-electron chi connectivity index (χ1n) is 7.70. The Morgan fingerprint density at radius 3 is 2.31 bits per heavy atom. The molecule has 0 aliphatic heterocycles. The van der Waals surface area contributed by atoms with Crippen LogP contribution in [-0.2, 0) is 0 Å². The number of carbonyl (C=O) groups is 1. The van der Waals surface area contributed by atoms with E-state index >= 15 is 0 Å². The van der Waals surface area contributed by atoms with Gasteiger partial charge in [-0.3, -0.25) is 0 Å². The van der Waals surface area contributed by atoms with Crippen molar-refractivity contribution in [2.45, 2.75) is 6.92 Å². The monoisotopic (exact) mass is 345 g/mol. The average molecular weight is 345 g/mol. The minimum absolute atomic E-state index is 0.0184.